The Morgan fingerprint density at radius 2 is 1.74 bits per heavy atom. The normalized spacial score (nSPS) is 18.8. The van der Waals surface area contributed by atoms with E-state index in [9.17, 15) is 4.79 Å². The molecular formula is C16H23NO2. The molecule has 0 amide bonds. The highest BCUT2D eigenvalue weighted by Crippen LogP contribution is 2.32. The van der Waals surface area contributed by atoms with E-state index in [0.717, 1.165) is 5.56 Å². The summed E-state index contributed by atoms with van der Waals surface area (Å²) < 4.78 is 0. The summed E-state index contributed by atoms with van der Waals surface area (Å²) in [6.07, 6.45) is 7.91. The van der Waals surface area contributed by atoms with Crippen LogP contribution >= 0.6 is 0 Å². The summed E-state index contributed by atoms with van der Waals surface area (Å²) in [4.78, 5) is 10.7. The Labute approximate surface area is 114 Å². The number of rotatable bonds is 4. The number of hydrogen-bond acceptors (Lipinski definition) is 2. The van der Waals surface area contributed by atoms with E-state index in [-0.39, 0.29) is 6.42 Å². The lowest BCUT2D eigenvalue weighted by Gasteiger charge is -2.16. The first-order chi connectivity index (χ1) is 9.16. The zero-order valence-electron chi connectivity index (χ0n) is 11.3. The molecule has 1 saturated carbocycles. The van der Waals surface area contributed by atoms with Crippen LogP contribution in [0.25, 0.3) is 0 Å². The molecule has 1 aromatic rings. The van der Waals surface area contributed by atoms with Crippen molar-refractivity contribution in [2.75, 3.05) is 0 Å². The van der Waals surface area contributed by atoms with E-state index in [0.29, 0.717) is 5.92 Å². The van der Waals surface area contributed by atoms with Gasteiger partial charge in [-0.2, -0.15) is 0 Å². The quantitative estimate of drug-likeness (QED) is 0.814. The molecule has 2 rings (SSSR count). The second-order valence-electron chi connectivity index (χ2n) is 5.56. The van der Waals surface area contributed by atoms with E-state index in [1.807, 2.05) is 12.1 Å². The molecule has 1 fully saturated rings. The van der Waals surface area contributed by atoms with Gasteiger partial charge in [-0.15, -0.1) is 0 Å². The van der Waals surface area contributed by atoms with Crippen molar-refractivity contribution in [1.29, 1.82) is 0 Å². The number of aliphatic carboxylic acids is 1. The maximum absolute atomic E-state index is 10.7. The van der Waals surface area contributed by atoms with Crippen LogP contribution in [-0.4, -0.2) is 11.1 Å². The van der Waals surface area contributed by atoms with Crippen molar-refractivity contribution >= 4 is 5.97 Å². The molecule has 0 bridgehead atoms. The first-order valence-corrected chi connectivity index (χ1v) is 7.24. The molecule has 3 heteroatoms. The molecule has 1 aliphatic rings. The smallest absolute Gasteiger partial charge is 0.305 e. The minimum absolute atomic E-state index is 0.0111. The summed E-state index contributed by atoms with van der Waals surface area (Å²) in [5, 5.41) is 8.75. The molecule has 1 aromatic carbocycles. The third kappa shape index (κ3) is 4.06. The molecule has 0 radical (unpaired) electrons. The Bertz CT molecular complexity index is 405. The van der Waals surface area contributed by atoms with Gasteiger partial charge in [0.15, 0.2) is 0 Å². The summed E-state index contributed by atoms with van der Waals surface area (Å²) >= 11 is 0. The zero-order chi connectivity index (χ0) is 13.7. The van der Waals surface area contributed by atoms with Gasteiger partial charge < -0.3 is 10.8 Å². The molecule has 1 aliphatic carbocycles. The molecule has 1 unspecified atom stereocenters. The Morgan fingerprint density at radius 1 is 1.16 bits per heavy atom. The van der Waals surface area contributed by atoms with Gasteiger partial charge in [0.05, 0.1) is 6.42 Å². The van der Waals surface area contributed by atoms with Gasteiger partial charge in [-0.25, -0.2) is 0 Å². The first kappa shape index (κ1) is 14.1. The largest absolute Gasteiger partial charge is 0.481 e. The molecule has 0 heterocycles. The van der Waals surface area contributed by atoms with Gasteiger partial charge in [-0.3, -0.25) is 4.79 Å². The summed E-state index contributed by atoms with van der Waals surface area (Å²) in [7, 11) is 0. The second kappa shape index (κ2) is 6.71. The maximum Gasteiger partial charge on any atom is 0.305 e. The highest BCUT2D eigenvalue weighted by molar-refractivity contribution is 5.67. The average molecular weight is 261 g/mol. The Morgan fingerprint density at radius 3 is 2.26 bits per heavy atom. The lowest BCUT2D eigenvalue weighted by molar-refractivity contribution is -0.137. The van der Waals surface area contributed by atoms with Crippen LogP contribution in [0.1, 0.15) is 68.0 Å². The second-order valence-corrected chi connectivity index (χ2v) is 5.56. The van der Waals surface area contributed by atoms with Crippen LogP contribution in [0.15, 0.2) is 24.3 Å². The van der Waals surface area contributed by atoms with Crippen LogP contribution in [-0.2, 0) is 4.79 Å². The molecule has 19 heavy (non-hydrogen) atoms. The van der Waals surface area contributed by atoms with Crippen molar-refractivity contribution in [3.8, 4) is 0 Å². The number of carboxylic acids is 1. The van der Waals surface area contributed by atoms with Crippen molar-refractivity contribution in [1.82, 2.24) is 0 Å². The van der Waals surface area contributed by atoms with Crippen molar-refractivity contribution in [2.24, 2.45) is 5.73 Å². The van der Waals surface area contributed by atoms with Crippen molar-refractivity contribution < 1.29 is 9.90 Å². The van der Waals surface area contributed by atoms with Gasteiger partial charge in [0.2, 0.25) is 0 Å². The topological polar surface area (TPSA) is 63.3 Å². The average Bonchev–Trinajstić information content (AvgIpc) is 2.67. The lowest BCUT2D eigenvalue weighted by atomic mass is 9.90. The van der Waals surface area contributed by atoms with Gasteiger partial charge >= 0.3 is 5.97 Å². The zero-order valence-corrected chi connectivity index (χ0v) is 11.3. The first-order valence-electron chi connectivity index (χ1n) is 7.24. The SMILES string of the molecule is NC(CC(=O)O)c1ccc(C2CCCCCC2)cc1. The fourth-order valence-corrected chi connectivity index (χ4v) is 2.93. The van der Waals surface area contributed by atoms with E-state index in [2.05, 4.69) is 12.1 Å². The Balaban J connectivity index is 2.02. The highest BCUT2D eigenvalue weighted by atomic mass is 16.4. The van der Waals surface area contributed by atoms with Crippen LogP contribution in [0.5, 0.6) is 0 Å². The number of nitrogens with two attached hydrogens (primary N) is 1. The third-order valence-electron chi connectivity index (χ3n) is 4.09. The number of benzene rings is 1. The van der Waals surface area contributed by atoms with Crippen LogP contribution < -0.4 is 5.73 Å². The van der Waals surface area contributed by atoms with Crippen LogP contribution in [0.4, 0.5) is 0 Å². The highest BCUT2D eigenvalue weighted by Gasteiger charge is 2.15. The van der Waals surface area contributed by atoms with E-state index < -0.39 is 12.0 Å². The molecule has 104 valence electrons. The minimum atomic E-state index is -0.847. The van der Waals surface area contributed by atoms with Gasteiger partial charge in [-0.05, 0) is 29.9 Å². The lowest BCUT2D eigenvalue weighted by Crippen LogP contribution is -2.15. The molecular weight excluding hydrogens is 238 g/mol. The van der Waals surface area contributed by atoms with Gasteiger partial charge in [0.1, 0.15) is 0 Å². The van der Waals surface area contributed by atoms with E-state index in [1.54, 1.807) is 0 Å². The van der Waals surface area contributed by atoms with Gasteiger partial charge in [-0.1, -0.05) is 49.9 Å². The summed E-state index contributed by atoms with van der Waals surface area (Å²) in [6.45, 7) is 0. The Kier molecular flexibility index (Phi) is 4.97. The minimum Gasteiger partial charge on any atom is -0.481 e. The molecule has 3 nitrogen and oxygen atoms in total. The van der Waals surface area contributed by atoms with Crippen LogP contribution in [0, 0.1) is 0 Å². The molecule has 0 aliphatic heterocycles. The monoisotopic (exact) mass is 261 g/mol. The predicted octanol–water partition coefficient (Wildman–Crippen LogP) is 3.60. The number of carbonyl (C=O) groups is 1. The fourth-order valence-electron chi connectivity index (χ4n) is 2.93. The molecule has 1 atom stereocenters. The molecule has 0 saturated heterocycles. The van der Waals surface area contributed by atoms with Crippen molar-refractivity contribution in [2.45, 2.75) is 56.9 Å². The van der Waals surface area contributed by atoms with Crippen molar-refractivity contribution in [3.63, 3.8) is 0 Å². The summed E-state index contributed by atoms with van der Waals surface area (Å²) in [6, 6.07) is 7.85. The van der Waals surface area contributed by atoms with Gasteiger partial charge in [0, 0.05) is 6.04 Å². The molecule has 0 spiro atoms. The Hall–Kier alpha value is -1.35. The van der Waals surface area contributed by atoms with E-state index >= 15 is 0 Å². The van der Waals surface area contributed by atoms with Crippen LogP contribution in [0.2, 0.25) is 0 Å². The molecule has 0 aromatic heterocycles. The number of hydrogen-bond donors (Lipinski definition) is 2. The standard InChI is InChI=1S/C16H23NO2/c17-15(11-16(18)19)14-9-7-13(8-10-14)12-5-3-1-2-4-6-12/h7-10,12,15H,1-6,11,17H2,(H,18,19). The van der Waals surface area contributed by atoms with E-state index in [4.69, 9.17) is 10.8 Å². The summed E-state index contributed by atoms with van der Waals surface area (Å²) in [5.74, 6) is -0.174. The van der Waals surface area contributed by atoms with Crippen LogP contribution in [0.3, 0.4) is 0 Å². The van der Waals surface area contributed by atoms with E-state index in [1.165, 1.54) is 44.1 Å². The fraction of sp³-hybridized carbons (Fsp3) is 0.562. The predicted molar refractivity (Wildman–Crippen MR) is 76.1 cm³/mol. The molecule has 3 N–H and O–H groups in total. The van der Waals surface area contributed by atoms with Gasteiger partial charge in [0.25, 0.3) is 0 Å². The summed E-state index contributed by atoms with van der Waals surface area (Å²) in [5.41, 5.74) is 8.17. The van der Waals surface area contributed by atoms with Crippen molar-refractivity contribution in [3.05, 3.63) is 35.4 Å². The third-order valence-corrected chi connectivity index (χ3v) is 4.09. The maximum atomic E-state index is 10.7. The number of carboxylic acid groups (broad SMARTS) is 1.